The highest BCUT2D eigenvalue weighted by molar-refractivity contribution is 5.76. The number of non-ortho nitro benzene ring substituents is 1. The summed E-state index contributed by atoms with van der Waals surface area (Å²) in [6.45, 7) is 6.59. The van der Waals surface area contributed by atoms with E-state index in [4.69, 9.17) is 9.47 Å². The van der Waals surface area contributed by atoms with Crippen LogP contribution in [0.2, 0.25) is 0 Å². The summed E-state index contributed by atoms with van der Waals surface area (Å²) in [6, 6.07) is 31.1. The quantitative estimate of drug-likeness (QED) is 0.0670. The molecule has 0 saturated carbocycles. The van der Waals surface area contributed by atoms with Crippen LogP contribution in [0.4, 0.5) is 11.4 Å². The largest absolute Gasteiger partial charge is 0.392 e. The second-order valence-electron chi connectivity index (χ2n) is 14.3. The van der Waals surface area contributed by atoms with E-state index in [1.54, 1.807) is 12.1 Å². The number of amides is 2. The minimum Gasteiger partial charge on any atom is -0.392 e. The third-order valence-electron chi connectivity index (χ3n) is 10.2. The number of nitrogens with one attached hydrogen (secondary N) is 2. The lowest BCUT2D eigenvalue weighted by Gasteiger charge is -2.41. The molecular formula is C43H51N5O7. The number of unbranched alkanes of at least 4 members (excludes halogenated alkanes) is 2. The molecule has 4 aromatic carbocycles. The van der Waals surface area contributed by atoms with Crippen molar-refractivity contribution >= 4 is 23.2 Å². The molecule has 2 heterocycles. The lowest BCUT2D eigenvalue weighted by molar-refractivity contribution is -0.384. The first-order chi connectivity index (χ1) is 26.7. The predicted octanol–water partition coefficient (Wildman–Crippen LogP) is 6.43. The standard InChI is InChI=1S/C43H51N5O7/c1-31(50)44-20-4-2-3-11-42(51)45-28-33-7-5-8-35(25-33)36-9-6-10-37(26-36)43-54-40(27-41(55-43)34-14-12-32(30-49)13-15-34)29-46-21-23-47(24-22-46)38-16-18-39(19-17-38)48(52)53/h5-10,12-19,25-26,40-41,43,49H,2-4,11,20-24,27-30H2,1H3,(H,44,50)(H,45,51)/t40-,41+,43+/m0/s1. The number of carbonyl (C=O) groups is 2. The van der Waals surface area contributed by atoms with Gasteiger partial charge in [-0.3, -0.25) is 24.6 Å². The molecule has 2 amide bonds. The maximum absolute atomic E-state index is 12.5. The molecule has 0 radical (unpaired) electrons. The van der Waals surface area contributed by atoms with Crippen molar-refractivity contribution in [2.45, 2.75) is 70.7 Å². The van der Waals surface area contributed by atoms with Gasteiger partial charge in [-0.05, 0) is 64.9 Å². The van der Waals surface area contributed by atoms with Crippen LogP contribution in [0.25, 0.3) is 11.1 Å². The van der Waals surface area contributed by atoms with E-state index in [2.05, 4.69) is 44.7 Å². The Labute approximate surface area is 322 Å². The average Bonchev–Trinajstić information content (AvgIpc) is 3.21. The van der Waals surface area contributed by atoms with Crippen LogP contribution in [0.1, 0.15) is 73.7 Å². The van der Waals surface area contributed by atoms with Crippen molar-refractivity contribution in [3.05, 3.63) is 129 Å². The molecule has 12 nitrogen and oxygen atoms in total. The Morgan fingerprint density at radius 3 is 2.25 bits per heavy atom. The van der Waals surface area contributed by atoms with Crippen molar-refractivity contribution in [1.82, 2.24) is 15.5 Å². The van der Waals surface area contributed by atoms with Crippen LogP contribution in [0.3, 0.4) is 0 Å². The Balaban J connectivity index is 1.09. The van der Waals surface area contributed by atoms with Gasteiger partial charge in [0.25, 0.3) is 5.69 Å². The minimum absolute atomic E-state index is 0.0139. The van der Waals surface area contributed by atoms with E-state index >= 15 is 0 Å². The van der Waals surface area contributed by atoms with Gasteiger partial charge in [0.2, 0.25) is 11.8 Å². The Bertz CT molecular complexity index is 1880. The van der Waals surface area contributed by atoms with Crippen molar-refractivity contribution in [2.24, 2.45) is 0 Å². The zero-order valence-electron chi connectivity index (χ0n) is 31.4. The number of hydrogen-bond donors (Lipinski definition) is 3. The molecule has 0 bridgehead atoms. The summed E-state index contributed by atoms with van der Waals surface area (Å²) in [5, 5.41) is 26.5. The van der Waals surface area contributed by atoms with Crippen molar-refractivity contribution in [1.29, 1.82) is 0 Å². The number of ether oxygens (including phenoxy) is 2. The van der Waals surface area contributed by atoms with Gasteiger partial charge in [-0.15, -0.1) is 0 Å². The van der Waals surface area contributed by atoms with Crippen LogP contribution in [-0.4, -0.2) is 72.1 Å². The van der Waals surface area contributed by atoms with Crippen LogP contribution in [0.5, 0.6) is 0 Å². The maximum atomic E-state index is 12.5. The molecule has 12 heteroatoms. The normalized spacial score (nSPS) is 18.8. The van der Waals surface area contributed by atoms with Gasteiger partial charge in [0.15, 0.2) is 6.29 Å². The second kappa shape index (κ2) is 19.4. The monoisotopic (exact) mass is 749 g/mol. The summed E-state index contributed by atoms with van der Waals surface area (Å²) in [6.07, 6.45) is 2.76. The molecule has 0 unspecified atom stereocenters. The van der Waals surface area contributed by atoms with E-state index < -0.39 is 6.29 Å². The highest BCUT2D eigenvalue weighted by atomic mass is 16.7. The molecule has 6 rings (SSSR count). The van der Waals surface area contributed by atoms with Crippen molar-refractivity contribution in [2.75, 3.05) is 44.2 Å². The topological polar surface area (TPSA) is 147 Å². The van der Waals surface area contributed by atoms with E-state index in [0.29, 0.717) is 25.9 Å². The molecule has 2 saturated heterocycles. The van der Waals surface area contributed by atoms with Crippen molar-refractivity contribution in [3.8, 4) is 11.1 Å². The molecule has 3 N–H and O–H groups in total. The molecular weight excluding hydrogens is 699 g/mol. The summed E-state index contributed by atoms with van der Waals surface area (Å²) in [5.74, 6) is -0.0202. The molecule has 55 heavy (non-hydrogen) atoms. The van der Waals surface area contributed by atoms with Crippen LogP contribution in [0.15, 0.2) is 97.1 Å². The number of nitro benzene ring substituents is 1. The van der Waals surface area contributed by atoms with E-state index in [9.17, 15) is 24.8 Å². The number of aliphatic hydroxyl groups is 1. The highest BCUT2D eigenvalue weighted by Gasteiger charge is 2.34. The molecule has 2 aliphatic heterocycles. The first-order valence-electron chi connectivity index (χ1n) is 19.2. The molecule has 0 spiro atoms. The molecule has 2 aliphatic rings. The summed E-state index contributed by atoms with van der Waals surface area (Å²) in [4.78, 5) is 38.9. The summed E-state index contributed by atoms with van der Waals surface area (Å²) in [7, 11) is 0. The summed E-state index contributed by atoms with van der Waals surface area (Å²) in [5.41, 5.74) is 6.93. The number of rotatable bonds is 16. The molecule has 2 fully saturated rings. The number of nitrogens with zero attached hydrogens (tertiary/aromatic N) is 3. The number of piperazine rings is 1. The van der Waals surface area contributed by atoms with Crippen LogP contribution >= 0.6 is 0 Å². The molecule has 3 atom stereocenters. The Kier molecular flexibility index (Phi) is 14.0. The maximum Gasteiger partial charge on any atom is 0.269 e. The summed E-state index contributed by atoms with van der Waals surface area (Å²) < 4.78 is 13.4. The lowest BCUT2D eigenvalue weighted by Crippen LogP contribution is -2.49. The van der Waals surface area contributed by atoms with E-state index in [0.717, 1.165) is 91.1 Å². The van der Waals surface area contributed by atoms with Gasteiger partial charge in [0.1, 0.15) is 0 Å². The first-order valence-corrected chi connectivity index (χ1v) is 19.2. The minimum atomic E-state index is -0.594. The van der Waals surface area contributed by atoms with E-state index in [1.807, 2.05) is 60.7 Å². The first kappa shape index (κ1) is 39.6. The van der Waals surface area contributed by atoms with Crippen LogP contribution in [0, 0.1) is 10.1 Å². The third kappa shape index (κ3) is 11.4. The van der Waals surface area contributed by atoms with E-state index in [1.165, 1.54) is 6.92 Å². The van der Waals surface area contributed by atoms with Crippen LogP contribution in [-0.2, 0) is 32.2 Å². The zero-order chi connectivity index (χ0) is 38.6. The Hall–Kier alpha value is -5.14. The number of hydrogen-bond acceptors (Lipinski definition) is 9. The summed E-state index contributed by atoms with van der Waals surface area (Å²) >= 11 is 0. The van der Waals surface area contributed by atoms with Crippen LogP contribution < -0.4 is 15.5 Å². The van der Waals surface area contributed by atoms with Gasteiger partial charge in [0.05, 0.1) is 23.7 Å². The zero-order valence-corrected chi connectivity index (χ0v) is 31.4. The Morgan fingerprint density at radius 2 is 1.55 bits per heavy atom. The second-order valence-corrected chi connectivity index (χ2v) is 14.3. The molecule has 0 aromatic heterocycles. The SMILES string of the molecule is CC(=O)NCCCCCC(=O)NCc1cccc(-c2cccc([C@@H]3O[C@H](CN4CCN(c5ccc([N+](=O)[O-])cc5)CC4)C[C@H](c4ccc(CO)cc4)O3)c2)c1. The predicted molar refractivity (Wildman–Crippen MR) is 211 cm³/mol. The van der Waals surface area contributed by atoms with Gasteiger partial charge in [-0.2, -0.15) is 0 Å². The Morgan fingerprint density at radius 1 is 0.818 bits per heavy atom. The van der Waals surface area contributed by atoms with Gasteiger partial charge < -0.3 is 30.1 Å². The third-order valence-corrected chi connectivity index (χ3v) is 10.2. The number of aliphatic hydroxyl groups excluding tert-OH is 1. The number of benzene rings is 4. The fourth-order valence-corrected chi connectivity index (χ4v) is 7.16. The van der Waals surface area contributed by atoms with Gasteiger partial charge in [0, 0.05) is 89.0 Å². The number of nitro groups is 1. The highest BCUT2D eigenvalue weighted by Crippen LogP contribution is 2.39. The molecule has 290 valence electrons. The fraction of sp³-hybridized carbons (Fsp3) is 0.395. The van der Waals surface area contributed by atoms with Gasteiger partial charge >= 0.3 is 0 Å². The molecule has 0 aliphatic carbocycles. The molecule has 4 aromatic rings. The number of anilines is 1. The average molecular weight is 750 g/mol. The lowest BCUT2D eigenvalue weighted by atomic mass is 9.98. The fourth-order valence-electron chi connectivity index (χ4n) is 7.16. The van der Waals surface area contributed by atoms with Gasteiger partial charge in [-0.1, -0.05) is 67.1 Å². The van der Waals surface area contributed by atoms with Crippen molar-refractivity contribution < 1.29 is 29.1 Å². The van der Waals surface area contributed by atoms with E-state index in [-0.39, 0.29) is 41.2 Å². The smallest absolute Gasteiger partial charge is 0.269 e. The van der Waals surface area contributed by atoms with Gasteiger partial charge in [-0.25, -0.2) is 0 Å². The number of carbonyl (C=O) groups excluding carboxylic acids is 2. The van der Waals surface area contributed by atoms with Crippen molar-refractivity contribution in [3.63, 3.8) is 0 Å².